The van der Waals surface area contributed by atoms with Crippen molar-refractivity contribution < 1.29 is 22.8 Å². The Kier molecular flexibility index (Phi) is 3.74. The van der Waals surface area contributed by atoms with E-state index in [0.29, 0.717) is 11.4 Å². The van der Waals surface area contributed by atoms with E-state index in [2.05, 4.69) is 15.2 Å². The maximum absolute atomic E-state index is 11.9. The molecule has 0 spiro atoms. The minimum absolute atomic E-state index is 0.0171. The molecule has 1 heterocycles. The van der Waals surface area contributed by atoms with Gasteiger partial charge in [0.1, 0.15) is 5.75 Å². The number of aryl methyl sites for hydroxylation is 1. The quantitative estimate of drug-likeness (QED) is 0.926. The minimum atomic E-state index is -2.88. The molecule has 0 aliphatic rings. The number of hydrogen-bond acceptors (Lipinski definition) is 4. The van der Waals surface area contributed by atoms with Crippen molar-refractivity contribution in [1.29, 1.82) is 0 Å². The van der Waals surface area contributed by atoms with Gasteiger partial charge < -0.3 is 14.6 Å². The van der Waals surface area contributed by atoms with Crippen LogP contribution < -0.4 is 10.1 Å². The molecule has 7 heteroatoms. The first kappa shape index (κ1) is 13.0. The zero-order valence-corrected chi connectivity index (χ0v) is 9.89. The van der Waals surface area contributed by atoms with Crippen LogP contribution in [0, 0.1) is 6.92 Å². The molecule has 0 fully saturated rings. The SMILES string of the molecule is Cc1cc(C(=O)Nc2ccc(OC(F)F)cc2)on1. The van der Waals surface area contributed by atoms with Gasteiger partial charge in [-0.25, -0.2) is 0 Å². The van der Waals surface area contributed by atoms with Crippen molar-refractivity contribution >= 4 is 11.6 Å². The van der Waals surface area contributed by atoms with Gasteiger partial charge in [-0.2, -0.15) is 8.78 Å². The lowest BCUT2D eigenvalue weighted by Gasteiger charge is -2.06. The lowest BCUT2D eigenvalue weighted by molar-refractivity contribution is -0.0498. The summed E-state index contributed by atoms with van der Waals surface area (Å²) in [5.74, 6) is -0.378. The van der Waals surface area contributed by atoms with Crippen LogP contribution in [0.2, 0.25) is 0 Å². The molecular weight excluding hydrogens is 258 g/mol. The molecule has 0 atom stereocenters. The van der Waals surface area contributed by atoms with Gasteiger partial charge in [0.15, 0.2) is 0 Å². The summed E-state index contributed by atoms with van der Waals surface area (Å²) in [6.45, 7) is -1.19. The van der Waals surface area contributed by atoms with Gasteiger partial charge in [-0.1, -0.05) is 5.16 Å². The first-order valence-corrected chi connectivity index (χ1v) is 5.34. The number of nitrogens with one attached hydrogen (secondary N) is 1. The molecule has 100 valence electrons. The molecular formula is C12H10F2N2O3. The van der Waals surface area contributed by atoms with E-state index in [4.69, 9.17) is 4.52 Å². The molecule has 1 amide bonds. The van der Waals surface area contributed by atoms with E-state index in [1.54, 1.807) is 6.92 Å². The van der Waals surface area contributed by atoms with E-state index in [9.17, 15) is 13.6 Å². The maximum atomic E-state index is 11.9. The van der Waals surface area contributed by atoms with Gasteiger partial charge in [-0.05, 0) is 31.2 Å². The molecule has 0 aliphatic carbocycles. The molecule has 0 aliphatic heterocycles. The average molecular weight is 268 g/mol. The van der Waals surface area contributed by atoms with Gasteiger partial charge in [-0.3, -0.25) is 4.79 Å². The van der Waals surface area contributed by atoms with Crippen molar-refractivity contribution in [2.24, 2.45) is 0 Å². The molecule has 1 aromatic carbocycles. The maximum Gasteiger partial charge on any atom is 0.387 e. The smallest absolute Gasteiger partial charge is 0.387 e. The molecule has 19 heavy (non-hydrogen) atoms. The van der Waals surface area contributed by atoms with Gasteiger partial charge in [0.25, 0.3) is 5.91 Å². The highest BCUT2D eigenvalue weighted by molar-refractivity contribution is 6.02. The second-order valence-electron chi connectivity index (χ2n) is 3.69. The summed E-state index contributed by atoms with van der Waals surface area (Å²) in [6, 6.07) is 7.03. The molecule has 1 aromatic heterocycles. The lowest BCUT2D eigenvalue weighted by atomic mass is 10.3. The fourth-order valence-electron chi connectivity index (χ4n) is 1.38. The number of amides is 1. The van der Waals surface area contributed by atoms with Gasteiger partial charge in [-0.15, -0.1) is 0 Å². The molecule has 0 saturated heterocycles. The van der Waals surface area contributed by atoms with E-state index >= 15 is 0 Å². The predicted octanol–water partition coefficient (Wildman–Crippen LogP) is 2.84. The normalized spacial score (nSPS) is 10.5. The van der Waals surface area contributed by atoms with Crippen molar-refractivity contribution in [1.82, 2.24) is 5.16 Å². The third kappa shape index (κ3) is 3.51. The number of alkyl halides is 2. The molecule has 2 rings (SSSR count). The number of benzene rings is 1. The second-order valence-corrected chi connectivity index (χ2v) is 3.69. The van der Waals surface area contributed by atoms with Gasteiger partial charge in [0.05, 0.1) is 5.69 Å². The van der Waals surface area contributed by atoms with Gasteiger partial charge in [0.2, 0.25) is 5.76 Å². The molecule has 2 aromatic rings. The zero-order chi connectivity index (χ0) is 13.8. The third-order valence-corrected chi connectivity index (χ3v) is 2.19. The molecule has 1 N–H and O–H groups in total. The summed E-state index contributed by atoms with van der Waals surface area (Å²) in [6.07, 6.45) is 0. The van der Waals surface area contributed by atoms with Crippen molar-refractivity contribution in [3.05, 3.63) is 41.8 Å². The fraction of sp³-hybridized carbons (Fsp3) is 0.167. The summed E-state index contributed by atoms with van der Waals surface area (Å²) in [5.41, 5.74) is 1.02. The lowest BCUT2D eigenvalue weighted by Crippen LogP contribution is -2.10. The number of nitrogens with zero attached hydrogens (tertiary/aromatic N) is 1. The Hall–Kier alpha value is -2.44. The van der Waals surface area contributed by atoms with Crippen LogP contribution in [0.15, 0.2) is 34.9 Å². The highest BCUT2D eigenvalue weighted by Crippen LogP contribution is 2.18. The molecule has 0 unspecified atom stereocenters. The fourth-order valence-corrected chi connectivity index (χ4v) is 1.38. The Morgan fingerprint density at radius 1 is 1.37 bits per heavy atom. The average Bonchev–Trinajstić information content (AvgIpc) is 2.78. The Labute approximate surface area is 107 Å². The molecule has 0 bridgehead atoms. The second kappa shape index (κ2) is 5.47. The number of carbonyl (C=O) groups is 1. The monoisotopic (exact) mass is 268 g/mol. The van der Waals surface area contributed by atoms with E-state index < -0.39 is 12.5 Å². The number of rotatable bonds is 4. The highest BCUT2D eigenvalue weighted by Gasteiger charge is 2.12. The third-order valence-electron chi connectivity index (χ3n) is 2.19. The highest BCUT2D eigenvalue weighted by atomic mass is 19.3. The van der Waals surface area contributed by atoms with Crippen molar-refractivity contribution in [3.8, 4) is 5.75 Å². The Bertz CT molecular complexity index is 567. The van der Waals surface area contributed by atoms with E-state index in [1.165, 1.54) is 30.3 Å². The first-order valence-electron chi connectivity index (χ1n) is 5.34. The number of hydrogen-bond donors (Lipinski definition) is 1. The van der Waals surface area contributed by atoms with Crippen LogP contribution in [0.5, 0.6) is 5.75 Å². The zero-order valence-electron chi connectivity index (χ0n) is 9.89. The van der Waals surface area contributed by atoms with Crippen LogP contribution in [-0.2, 0) is 0 Å². The summed E-state index contributed by atoms with van der Waals surface area (Å²) in [4.78, 5) is 11.7. The van der Waals surface area contributed by atoms with Gasteiger partial charge in [0, 0.05) is 11.8 Å². The molecule has 5 nitrogen and oxygen atoms in total. The van der Waals surface area contributed by atoms with Crippen LogP contribution in [0.4, 0.5) is 14.5 Å². The van der Waals surface area contributed by atoms with Crippen molar-refractivity contribution in [2.45, 2.75) is 13.5 Å². The Morgan fingerprint density at radius 3 is 2.58 bits per heavy atom. The standard InChI is InChI=1S/C12H10F2N2O3/c1-7-6-10(19-16-7)11(17)15-8-2-4-9(5-3-8)18-12(13)14/h2-6,12H,1H3,(H,15,17). The summed E-state index contributed by atoms with van der Waals surface area (Å²) in [5, 5.41) is 6.12. The minimum Gasteiger partial charge on any atom is -0.435 e. The number of anilines is 1. The van der Waals surface area contributed by atoms with Gasteiger partial charge >= 0.3 is 6.61 Å². The largest absolute Gasteiger partial charge is 0.435 e. The number of halogens is 2. The number of carbonyl (C=O) groups excluding carboxylic acids is 1. The van der Waals surface area contributed by atoms with Crippen LogP contribution in [0.25, 0.3) is 0 Å². The summed E-state index contributed by atoms with van der Waals surface area (Å²) in [7, 11) is 0. The van der Waals surface area contributed by atoms with Crippen molar-refractivity contribution in [3.63, 3.8) is 0 Å². The predicted molar refractivity (Wildman–Crippen MR) is 62.3 cm³/mol. The van der Waals surface area contributed by atoms with Crippen LogP contribution in [0.3, 0.4) is 0 Å². The number of ether oxygens (including phenoxy) is 1. The van der Waals surface area contributed by atoms with E-state index in [0.717, 1.165) is 0 Å². The summed E-state index contributed by atoms with van der Waals surface area (Å²) < 4.78 is 32.9. The molecule has 0 radical (unpaired) electrons. The summed E-state index contributed by atoms with van der Waals surface area (Å²) >= 11 is 0. The Morgan fingerprint density at radius 2 is 2.05 bits per heavy atom. The Balaban J connectivity index is 2.01. The topological polar surface area (TPSA) is 64.4 Å². The van der Waals surface area contributed by atoms with E-state index in [1.807, 2.05) is 0 Å². The first-order chi connectivity index (χ1) is 9.04. The van der Waals surface area contributed by atoms with Crippen LogP contribution in [-0.4, -0.2) is 17.7 Å². The van der Waals surface area contributed by atoms with Crippen molar-refractivity contribution in [2.75, 3.05) is 5.32 Å². The molecule has 0 saturated carbocycles. The number of aromatic nitrogens is 1. The van der Waals surface area contributed by atoms with E-state index in [-0.39, 0.29) is 11.5 Å². The van der Waals surface area contributed by atoms with Crippen LogP contribution in [0.1, 0.15) is 16.2 Å². The van der Waals surface area contributed by atoms with Crippen LogP contribution >= 0.6 is 0 Å².